The van der Waals surface area contributed by atoms with E-state index in [1.165, 1.54) is 11.8 Å². The number of thioether (sulfide) groups is 1. The Hall–Kier alpha value is -2.41. The zero-order chi connectivity index (χ0) is 16.5. The van der Waals surface area contributed by atoms with Gasteiger partial charge in [0.25, 0.3) is 0 Å². The predicted octanol–water partition coefficient (Wildman–Crippen LogP) is 2.89. The average Bonchev–Trinajstić information content (AvgIpc) is 3.06. The third kappa shape index (κ3) is 6.07. The van der Waals surface area contributed by atoms with Crippen molar-refractivity contribution in [2.24, 2.45) is 0 Å². The summed E-state index contributed by atoms with van der Waals surface area (Å²) >= 11 is 1.39. The fraction of sp³-hybridized carbons (Fsp3) is 0.250. The van der Waals surface area contributed by atoms with Crippen molar-refractivity contribution in [3.05, 3.63) is 60.1 Å². The van der Waals surface area contributed by atoms with Crippen molar-refractivity contribution >= 4 is 23.8 Å². The Kier molecular flexibility index (Phi) is 6.56. The highest BCUT2D eigenvalue weighted by Crippen LogP contribution is 2.13. The molecule has 0 spiro atoms. The highest BCUT2D eigenvalue weighted by atomic mass is 32.2. The highest BCUT2D eigenvalue weighted by Gasteiger charge is 2.20. The average molecular weight is 335 g/mol. The number of alkyl carbamates (subject to hydrolysis) is 1. The molecule has 2 N–H and O–H groups in total. The van der Waals surface area contributed by atoms with E-state index in [9.17, 15) is 9.59 Å². The fourth-order valence-corrected chi connectivity index (χ4v) is 2.73. The molecule has 1 aromatic heterocycles. The van der Waals surface area contributed by atoms with Crippen LogP contribution in [0.2, 0.25) is 0 Å². The number of carbonyl (C=O) groups excluding carboxylic acids is 1. The van der Waals surface area contributed by atoms with Crippen LogP contribution in [0, 0.1) is 0 Å². The fourth-order valence-electron chi connectivity index (χ4n) is 1.75. The van der Waals surface area contributed by atoms with Gasteiger partial charge in [0.05, 0.1) is 12.5 Å². The summed E-state index contributed by atoms with van der Waals surface area (Å²) in [4.78, 5) is 22.9. The van der Waals surface area contributed by atoms with E-state index in [4.69, 9.17) is 14.3 Å². The predicted molar refractivity (Wildman–Crippen MR) is 86.1 cm³/mol. The molecule has 2 aromatic rings. The van der Waals surface area contributed by atoms with E-state index in [1.54, 1.807) is 12.5 Å². The lowest BCUT2D eigenvalue weighted by Gasteiger charge is -2.14. The number of amides is 1. The van der Waals surface area contributed by atoms with Crippen molar-refractivity contribution in [1.82, 2.24) is 5.32 Å². The van der Waals surface area contributed by atoms with Crippen molar-refractivity contribution in [2.45, 2.75) is 18.4 Å². The SMILES string of the molecule is O=C(NC(CSCc1ccoc1)C(=O)O)OCc1ccccc1. The van der Waals surface area contributed by atoms with Gasteiger partial charge in [0.2, 0.25) is 0 Å². The summed E-state index contributed by atoms with van der Waals surface area (Å²) in [6, 6.07) is 9.98. The Labute approximate surface area is 137 Å². The zero-order valence-electron chi connectivity index (χ0n) is 12.3. The van der Waals surface area contributed by atoms with Crippen LogP contribution >= 0.6 is 11.8 Å². The van der Waals surface area contributed by atoms with E-state index < -0.39 is 18.1 Å². The Morgan fingerprint density at radius 1 is 1.22 bits per heavy atom. The number of benzene rings is 1. The molecule has 0 bridgehead atoms. The molecule has 1 amide bonds. The molecule has 0 radical (unpaired) electrons. The maximum Gasteiger partial charge on any atom is 0.408 e. The number of ether oxygens (including phenoxy) is 1. The molecule has 7 heteroatoms. The summed E-state index contributed by atoms with van der Waals surface area (Å²) in [6.07, 6.45) is 2.42. The molecule has 0 saturated heterocycles. The minimum absolute atomic E-state index is 0.0984. The topological polar surface area (TPSA) is 88.8 Å². The second-order valence-electron chi connectivity index (χ2n) is 4.74. The number of carbonyl (C=O) groups is 2. The van der Waals surface area contributed by atoms with Crippen LogP contribution in [0.3, 0.4) is 0 Å². The normalized spacial score (nSPS) is 11.7. The van der Waals surface area contributed by atoms with E-state index in [-0.39, 0.29) is 12.4 Å². The summed E-state index contributed by atoms with van der Waals surface area (Å²) in [5.74, 6) is -0.247. The summed E-state index contributed by atoms with van der Waals surface area (Å²) in [5, 5.41) is 11.5. The first-order chi connectivity index (χ1) is 11.1. The van der Waals surface area contributed by atoms with Gasteiger partial charge in [-0.3, -0.25) is 0 Å². The van der Waals surface area contributed by atoms with Gasteiger partial charge >= 0.3 is 12.1 Å². The molecule has 6 nitrogen and oxygen atoms in total. The maximum atomic E-state index is 11.7. The number of nitrogens with one attached hydrogen (secondary N) is 1. The van der Waals surface area contributed by atoms with Gasteiger partial charge in [-0.2, -0.15) is 11.8 Å². The number of aliphatic carboxylic acids is 1. The first-order valence-corrected chi connectivity index (χ1v) is 8.09. The second-order valence-corrected chi connectivity index (χ2v) is 5.77. The van der Waals surface area contributed by atoms with Crippen LogP contribution < -0.4 is 5.32 Å². The molecule has 0 aliphatic heterocycles. The molecule has 1 aromatic carbocycles. The van der Waals surface area contributed by atoms with Gasteiger partial charge in [-0.05, 0) is 11.6 Å². The molecule has 1 unspecified atom stereocenters. The number of hydrogen-bond donors (Lipinski definition) is 2. The minimum Gasteiger partial charge on any atom is -0.480 e. The highest BCUT2D eigenvalue weighted by molar-refractivity contribution is 7.98. The monoisotopic (exact) mass is 335 g/mol. The Balaban J connectivity index is 1.74. The number of carboxylic acids is 1. The molecule has 2 rings (SSSR count). The quantitative estimate of drug-likeness (QED) is 0.771. The van der Waals surface area contributed by atoms with E-state index in [2.05, 4.69) is 5.32 Å². The molecule has 1 heterocycles. The first kappa shape index (κ1) is 17.0. The summed E-state index contributed by atoms with van der Waals surface area (Å²) in [6.45, 7) is 0.0984. The van der Waals surface area contributed by atoms with E-state index >= 15 is 0 Å². The second kappa shape index (κ2) is 8.89. The third-order valence-corrected chi connectivity index (χ3v) is 4.04. The molecule has 122 valence electrons. The van der Waals surface area contributed by atoms with Crippen LogP contribution in [-0.2, 0) is 21.9 Å². The van der Waals surface area contributed by atoms with Crippen LogP contribution in [0.15, 0.2) is 53.3 Å². The van der Waals surface area contributed by atoms with Gasteiger partial charge in [0.15, 0.2) is 0 Å². The Morgan fingerprint density at radius 3 is 2.65 bits per heavy atom. The van der Waals surface area contributed by atoms with Gasteiger partial charge in [0.1, 0.15) is 12.6 Å². The van der Waals surface area contributed by atoms with Crippen LogP contribution in [0.5, 0.6) is 0 Å². The van der Waals surface area contributed by atoms with Crippen molar-refractivity contribution in [1.29, 1.82) is 0 Å². The lowest BCUT2D eigenvalue weighted by atomic mass is 10.2. The van der Waals surface area contributed by atoms with E-state index in [0.29, 0.717) is 5.75 Å². The van der Waals surface area contributed by atoms with Gasteiger partial charge in [0, 0.05) is 17.1 Å². The molecule has 23 heavy (non-hydrogen) atoms. The third-order valence-electron chi connectivity index (χ3n) is 2.94. The van der Waals surface area contributed by atoms with Gasteiger partial charge in [-0.1, -0.05) is 30.3 Å². The summed E-state index contributed by atoms with van der Waals surface area (Å²) in [7, 11) is 0. The number of furan rings is 1. The van der Waals surface area contributed by atoms with E-state index in [1.807, 2.05) is 36.4 Å². The van der Waals surface area contributed by atoms with Crippen molar-refractivity contribution < 1.29 is 23.8 Å². The standard InChI is InChI=1S/C16H17NO5S/c18-15(19)14(11-23-10-13-6-7-21-8-13)17-16(20)22-9-12-4-2-1-3-5-12/h1-8,14H,9-11H2,(H,17,20)(H,18,19). The largest absolute Gasteiger partial charge is 0.480 e. The van der Waals surface area contributed by atoms with Crippen LogP contribution in [0.1, 0.15) is 11.1 Å². The zero-order valence-corrected chi connectivity index (χ0v) is 13.1. The molecule has 0 fully saturated rings. The molecular weight excluding hydrogens is 318 g/mol. The number of hydrogen-bond acceptors (Lipinski definition) is 5. The maximum absolute atomic E-state index is 11.7. The molecular formula is C16H17NO5S. The van der Waals surface area contributed by atoms with Crippen LogP contribution in [0.25, 0.3) is 0 Å². The van der Waals surface area contributed by atoms with Gasteiger partial charge in [-0.15, -0.1) is 0 Å². The van der Waals surface area contributed by atoms with Crippen molar-refractivity contribution in [3.8, 4) is 0 Å². The first-order valence-electron chi connectivity index (χ1n) is 6.94. The number of rotatable bonds is 8. The lowest BCUT2D eigenvalue weighted by molar-refractivity contribution is -0.138. The van der Waals surface area contributed by atoms with Crippen LogP contribution in [0.4, 0.5) is 4.79 Å². The Bertz CT molecular complexity index is 615. The molecule has 0 saturated carbocycles. The lowest BCUT2D eigenvalue weighted by Crippen LogP contribution is -2.42. The molecule has 0 aliphatic rings. The van der Waals surface area contributed by atoms with Crippen molar-refractivity contribution in [2.75, 3.05) is 5.75 Å². The summed E-state index contributed by atoms with van der Waals surface area (Å²) < 4.78 is 9.96. The van der Waals surface area contributed by atoms with Crippen molar-refractivity contribution in [3.63, 3.8) is 0 Å². The minimum atomic E-state index is -1.10. The molecule has 0 aliphatic carbocycles. The Morgan fingerprint density at radius 2 is 2.00 bits per heavy atom. The smallest absolute Gasteiger partial charge is 0.408 e. The number of carboxylic acid groups (broad SMARTS) is 1. The van der Waals surface area contributed by atoms with Gasteiger partial charge in [-0.25, -0.2) is 9.59 Å². The van der Waals surface area contributed by atoms with E-state index in [0.717, 1.165) is 11.1 Å². The van der Waals surface area contributed by atoms with Crippen LogP contribution in [-0.4, -0.2) is 29.0 Å². The van der Waals surface area contributed by atoms with Gasteiger partial charge < -0.3 is 19.6 Å². The summed E-state index contributed by atoms with van der Waals surface area (Å²) in [5.41, 5.74) is 1.80. The molecule has 1 atom stereocenters.